The maximum absolute atomic E-state index is 5.27. The van der Waals surface area contributed by atoms with Crippen molar-refractivity contribution in [2.45, 2.75) is 38.5 Å². The number of fused-ring (bicyclic) bond motifs is 8. The first kappa shape index (κ1) is 32.6. The normalized spacial score (nSPS) is 14.4. The Labute approximate surface area is 325 Å². The zero-order valence-electron chi connectivity index (χ0n) is 31.7. The Morgan fingerprint density at radius 1 is 0.393 bits per heavy atom. The van der Waals surface area contributed by atoms with E-state index >= 15 is 0 Å². The molecule has 5 nitrogen and oxygen atoms in total. The van der Waals surface area contributed by atoms with Crippen molar-refractivity contribution in [2.75, 3.05) is 0 Å². The van der Waals surface area contributed by atoms with Crippen molar-refractivity contribution in [3.8, 4) is 67.7 Å². The van der Waals surface area contributed by atoms with Gasteiger partial charge in [0, 0.05) is 51.7 Å². The second kappa shape index (κ2) is 11.8. The fourth-order valence-corrected chi connectivity index (χ4v) is 9.23. The van der Waals surface area contributed by atoms with Gasteiger partial charge in [-0.2, -0.15) is 0 Å². The molecule has 9 aromatic rings. The summed E-state index contributed by atoms with van der Waals surface area (Å²) in [6, 6.07) is 47.4. The minimum absolute atomic E-state index is 0.144. The molecule has 2 aliphatic rings. The van der Waals surface area contributed by atoms with Gasteiger partial charge in [-0.05, 0) is 97.4 Å². The van der Waals surface area contributed by atoms with E-state index in [0.29, 0.717) is 11.5 Å². The van der Waals surface area contributed by atoms with Crippen LogP contribution in [-0.4, -0.2) is 24.9 Å². The van der Waals surface area contributed by atoms with Gasteiger partial charge in [-0.3, -0.25) is 15.0 Å². The molecule has 11 rings (SSSR count). The molecule has 0 N–H and O–H groups in total. The van der Waals surface area contributed by atoms with Gasteiger partial charge in [-0.25, -0.2) is 9.97 Å². The zero-order valence-corrected chi connectivity index (χ0v) is 31.7. The van der Waals surface area contributed by atoms with E-state index in [1.165, 1.54) is 44.2 Å². The number of nitrogens with zero attached hydrogens (tertiary/aromatic N) is 5. The molecule has 0 fully saturated rings. The third-order valence-corrected chi connectivity index (χ3v) is 12.2. The SMILES string of the molecule is CC1(C)c2cc3c(cc2-c2ncccc21)C(C)(C)c1cc(-c2cc(-c4cccc5ccccc45)nc(-c4cc(-c5cccc6ccccc56)ccn4)n2)cnc1-3. The summed E-state index contributed by atoms with van der Waals surface area (Å²) >= 11 is 0. The van der Waals surface area contributed by atoms with Crippen LogP contribution in [-0.2, 0) is 10.8 Å². The average molecular weight is 720 g/mol. The van der Waals surface area contributed by atoms with Crippen LogP contribution in [0, 0.1) is 0 Å². The summed E-state index contributed by atoms with van der Waals surface area (Å²) in [5, 5.41) is 4.69. The van der Waals surface area contributed by atoms with Crippen LogP contribution >= 0.6 is 0 Å². The molecule has 5 heteroatoms. The summed E-state index contributed by atoms with van der Waals surface area (Å²) in [4.78, 5) is 25.5. The molecule has 2 aliphatic carbocycles. The van der Waals surface area contributed by atoms with Gasteiger partial charge >= 0.3 is 0 Å². The summed E-state index contributed by atoms with van der Waals surface area (Å²) in [7, 11) is 0. The van der Waals surface area contributed by atoms with Crippen LogP contribution in [0.25, 0.3) is 89.2 Å². The predicted molar refractivity (Wildman–Crippen MR) is 227 cm³/mol. The molecule has 0 aliphatic heterocycles. The van der Waals surface area contributed by atoms with E-state index in [2.05, 4.69) is 155 Å². The lowest BCUT2D eigenvalue weighted by Crippen LogP contribution is -2.17. The molecular weight excluding hydrogens is 683 g/mol. The van der Waals surface area contributed by atoms with Crippen molar-refractivity contribution in [3.05, 3.63) is 174 Å². The fourth-order valence-electron chi connectivity index (χ4n) is 9.23. The number of hydrogen-bond acceptors (Lipinski definition) is 5. The summed E-state index contributed by atoms with van der Waals surface area (Å²) in [6.07, 6.45) is 5.75. The lowest BCUT2D eigenvalue weighted by atomic mass is 9.79. The number of rotatable bonds is 4. The van der Waals surface area contributed by atoms with Crippen molar-refractivity contribution in [3.63, 3.8) is 0 Å². The van der Waals surface area contributed by atoms with Gasteiger partial charge in [0.1, 0.15) is 5.69 Å². The highest BCUT2D eigenvalue weighted by Gasteiger charge is 2.42. The van der Waals surface area contributed by atoms with Crippen LogP contribution in [0.15, 0.2) is 152 Å². The van der Waals surface area contributed by atoms with Crippen LogP contribution in [0.2, 0.25) is 0 Å². The van der Waals surface area contributed by atoms with Crippen LogP contribution in [0.3, 0.4) is 0 Å². The lowest BCUT2D eigenvalue weighted by molar-refractivity contribution is 0.651. The maximum atomic E-state index is 5.27. The van der Waals surface area contributed by atoms with Crippen LogP contribution < -0.4 is 0 Å². The van der Waals surface area contributed by atoms with E-state index < -0.39 is 0 Å². The molecule has 0 amide bonds. The van der Waals surface area contributed by atoms with E-state index in [1.807, 2.05) is 24.7 Å². The molecular formula is C51H37N5. The van der Waals surface area contributed by atoms with Crippen LogP contribution in [0.5, 0.6) is 0 Å². The Bertz CT molecular complexity index is 3090. The molecule has 0 radical (unpaired) electrons. The average Bonchev–Trinajstić information content (AvgIpc) is 3.61. The number of hydrogen-bond donors (Lipinski definition) is 0. The monoisotopic (exact) mass is 719 g/mol. The molecule has 0 saturated heterocycles. The molecule has 0 unspecified atom stereocenters. The molecule has 0 bridgehead atoms. The molecule has 4 heterocycles. The predicted octanol–water partition coefficient (Wildman–Crippen LogP) is 12.2. The fraction of sp³-hybridized carbons (Fsp3) is 0.118. The highest BCUT2D eigenvalue weighted by atomic mass is 14.9. The van der Waals surface area contributed by atoms with E-state index in [4.69, 9.17) is 24.9 Å². The van der Waals surface area contributed by atoms with Crippen molar-refractivity contribution >= 4 is 21.5 Å². The maximum Gasteiger partial charge on any atom is 0.179 e. The van der Waals surface area contributed by atoms with Crippen molar-refractivity contribution < 1.29 is 0 Å². The molecule has 0 spiro atoms. The van der Waals surface area contributed by atoms with Crippen molar-refractivity contribution in [1.29, 1.82) is 0 Å². The highest BCUT2D eigenvalue weighted by molar-refractivity contribution is 5.98. The molecule has 4 aromatic heterocycles. The van der Waals surface area contributed by atoms with Gasteiger partial charge in [0.25, 0.3) is 0 Å². The summed E-state index contributed by atoms with van der Waals surface area (Å²) < 4.78 is 0. The largest absolute Gasteiger partial charge is 0.256 e. The molecule has 0 saturated carbocycles. The number of pyridine rings is 3. The van der Waals surface area contributed by atoms with Crippen LogP contribution in [0.1, 0.15) is 49.9 Å². The van der Waals surface area contributed by atoms with Gasteiger partial charge < -0.3 is 0 Å². The van der Waals surface area contributed by atoms with Crippen molar-refractivity contribution in [2.24, 2.45) is 0 Å². The molecule has 0 atom stereocenters. The molecule has 266 valence electrons. The van der Waals surface area contributed by atoms with Gasteiger partial charge in [-0.1, -0.05) is 119 Å². The Kier molecular flexibility index (Phi) is 6.88. The minimum atomic E-state index is -0.285. The highest BCUT2D eigenvalue weighted by Crippen LogP contribution is 2.55. The quantitative estimate of drug-likeness (QED) is 0.181. The second-order valence-corrected chi connectivity index (χ2v) is 16.2. The van der Waals surface area contributed by atoms with E-state index in [0.717, 1.165) is 55.8 Å². The zero-order chi connectivity index (χ0) is 37.8. The summed E-state index contributed by atoms with van der Waals surface area (Å²) in [5.41, 5.74) is 15.7. The van der Waals surface area contributed by atoms with E-state index in [9.17, 15) is 0 Å². The Hall–Kier alpha value is -6.85. The van der Waals surface area contributed by atoms with Gasteiger partial charge in [-0.15, -0.1) is 0 Å². The number of aromatic nitrogens is 5. The molecule has 5 aromatic carbocycles. The standard InChI is InChI=1S/C51H37N5/c1-50(2)40-20-11-22-53-47(40)38-26-42-39(27-41(38)50)48-43(51(42,3)4)24-33(29-54-48)44-28-45(37-19-10-15-31-13-6-8-17-35(31)37)56-49(55-44)46-25-32(21-23-52-46)36-18-9-14-30-12-5-7-16-34(30)36/h5-29H,1-4H3. The summed E-state index contributed by atoms with van der Waals surface area (Å²) in [6.45, 7) is 9.22. The van der Waals surface area contributed by atoms with Crippen LogP contribution in [0.4, 0.5) is 0 Å². The first-order valence-corrected chi connectivity index (χ1v) is 19.2. The minimum Gasteiger partial charge on any atom is -0.256 e. The summed E-state index contributed by atoms with van der Waals surface area (Å²) in [5.74, 6) is 0.570. The van der Waals surface area contributed by atoms with E-state index in [1.54, 1.807) is 0 Å². The third kappa shape index (κ3) is 4.77. The lowest BCUT2D eigenvalue weighted by Gasteiger charge is -2.24. The Balaban J connectivity index is 1.08. The smallest absolute Gasteiger partial charge is 0.179 e. The Morgan fingerprint density at radius 3 is 1.77 bits per heavy atom. The van der Waals surface area contributed by atoms with Gasteiger partial charge in [0.2, 0.25) is 0 Å². The number of benzene rings is 5. The second-order valence-electron chi connectivity index (χ2n) is 16.2. The third-order valence-electron chi connectivity index (χ3n) is 12.2. The van der Waals surface area contributed by atoms with E-state index in [-0.39, 0.29) is 10.8 Å². The Morgan fingerprint density at radius 2 is 1.02 bits per heavy atom. The topological polar surface area (TPSA) is 64.5 Å². The first-order chi connectivity index (χ1) is 27.3. The van der Waals surface area contributed by atoms with Crippen molar-refractivity contribution in [1.82, 2.24) is 24.9 Å². The molecule has 56 heavy (non-hydrogen) atoms. The first-order valence-electron chi connectivity index (χ1n) is 19.2. The van der Waals surface area contributed by atoms with Gasteiger partial charge in [0.05, 0.1) is 22.8 Å². The van der Waals surface area contributed by atoms with Gasteiger partial charge in [0.15, 0.2) is 5.82 Å².